The average molecular weight is 403 g/mol. The van der Waals surface area contributed by atoms with Crippen LogP contribution in [0.1, 0.15) is 22.0 Å². The van der Waals surface area contributed by atoms with Gasteiger partial charge >= 0.3 is 0 Å². The molecule has 3 nitrogen and oxygen atoms in total. The monoisotopic (exact) mass is 403 g/mol. The minimum Gasteiger partial charge on any atom is -0.394 e. The molecule has 1 unspecified atom stereocenters. The molecule has 0 aliphatic carbocycles. The van der Waals surface area contributed by atoms with Gasteiger partial charge in [-0.2, -0.15) is 0 Å². The molecule has 2 N–H and O–H groups in total. The number of amides is 1. The second-order valence-electron chi connectivity index (χ2n) is 4.39. The number of hydrogen-bond acceptors (Lipinski definition) is 2. The van der Waals surface area contributed by atoms with E-state index in [0.29, 0.717) is 9.13 Å². The third kappa shape index (κ3) is 3.98. The fourth-order valence-corrected chi connectivity index (χ4v) is 2.55. The maximum absolute atomic E-state index is 13.5. The van der Waals surface area contributed by atoms with Crippen molar-refractivity contribution in [1.82, 2.24) is 5.32 Å². The van der Waals surface area contributed by atoms with E-state index >= 15 is 0 Å². The molecule has 0 bridgehead atoms. The smallest absolute Gasteiger partial charge is 0.254 e. The lowest BCUT2D eigenvalue weighted by atomic mass is 10.1. The quantitative estimate of drug-likeness (QED) is 0.772. The number of carbonyl (C=O) groups is 1. The Bertz CT molecular complexity index is 644. The molecule has 0 fully saturated rings. The fourth-order valence-electron chi connectivity index (χ4n) is 1.89. The molecule has 0 saturated heterocycles. The summed E-state index contributed by atoms with van der Waals surface area (Å²) < 4.78 is 27.6. The summed E-state index contributed by atoms with van der Waals surface area (Å²) in [5.74, 6) is -1.78. The van der Waals surface area contributed by atoms with Gasteiger partial charge in [0.25, 0.3) is 5.91 Å². The van der Waals surface area contributed by atoms with Crippen molar-refractivity contribution in [2.45, 2.75) is 6.04 Å². The topological polar surface area (TPSA) is 49.3 Å². The number of nitrogens with one attached hydrogen (secondary N) is 1. The van der Waals surface area contributed by atoms with Crippen molar-refractivity contribution >= 4 is 28.5 Å². The molecule has 0 radical (unpaired) electrons. The summed E-state index contributed by atoms with van der Waals surface area (Å²) in [6.07, 6.45) is 0. The molecule has 1 atom stereocenters. The molecule has 0 spiro atoms. The van der Waals surface area contributed by atoms with Gasteiger partial charge in [-0.25, -0.2) is 8.78 Å². The van der Waals surface area contributed by atoms with Gasteiger partial charge in [0.2, 0.25) is 0 Å². The number of benzene rings is 2. The third-order valence-electron chi connectivity index (χ3n) is 2.89. The number of carbonyl (C=O) groups excluding carboxylic acids is 1. The Morgan fingerprint density at radius 3 is 2.57 bits per heavy atom. The first kappa shape index (κ1) is 15.8. The summed E-state index contributed by atoms with van der Waals surface area (Å²) in [5.41, 5.74) is 0.300. The number of aliphatic hydroxyl groups is 1. The number of hydrogen-bond donors (Lipinski definition) is 2. The Morgan fingerprint density at radius 2 is 1.95 bits per heavy atom. The Labute approximate surface area is 134 Å². The zero-order chi connectivity index (χ0) is 15.4. The standard InChI is InChI=1S/C15H12F2INO2/c16-10-5-9(6-11(18)7-10)14(8-20)19-15(21)12-3-1-2-4-13(12)17/h1-7,14,20H,8H2,(H,19,21). The lowest BCUT2D eigenvalue weighted by Gasteiger charge is -2.17. The molecular weight excluding hydrogens is 391 g/mol. The van der Waals surface area contributed by atoms with Crippen LogP contribution in [-0.4, -0.2) is 17.6 Å². The van der Waals surface area contributed by atoms with E-state index in [1.807, 2.05) is 22.6 Å². The molecule has 1 amide bonds. The lowest BCUT2D eigenvalue weighted by Crippen LogP contribution is -2.31. The first-order valence-corrected chi connectivity index (χ1v) is 7.21. The van der Waals surface area contributed by atoms with E-state index in [1.165, 1.54) is 36.4 Å². The van der Waals surface area contributed by atoms with Crippen LogP contribution in [0.4, 0.5) is 8.78 Å². The molecule has 21 heavy (non-hydrogen) atoms. The summed E-state index contributed by atoms with van der Waals surface area (Å²) in [7, 11) is 0. The van der Waals surface area contributed by atoms with Crippen molar-refractivity contribution in [3.63, 3.8) is 0 Å². The first-order valence-electron chi connectivity index (χ1n) is 6.13. The van der Waals surface area contributed by atoms with Crippen LogP contribution in [0.15, 0.2) is 42.5 Å². The maximum Gasteiger partial charge on any atom is 0.254 e. The van der Waals surface area contributed by atoms with Gasteiger partial charge < -0.3 is 10.4 Å². The van der Waals surface area contributed by atoms with Gasteiger partial charge in [-0.05, 0) is 58.5 Å². The van der Waals surface area contributed by atoms with Crippen molar-refractivity contribution in [2.75, 3.05) is 6.61 Å². The van der Waals surface area contributed by atoms with E-state index in [4.69, 9.17) is 0 Å². The molecule has 0 saturated carbocycles. The van der Waals surface area contributed by atoms with Crippen LogP contribution in [-0.2, 0) is 0 Å². The van der Waals surface area contributed by atoms with Gasteiger partial charge in [-0.15, -0.1) is 0 Å². The average Bonchev–Trinajstić information content (AvgIpc) is 2.43. The molecule has 0 aliphatic heterocycles. The maximum atomic E-state index is 13.5. The van der Waals surface area contributed by atoms with E-state index in [0.717, 1.165) is 0 Å². The Morgan fingerprint density at radius 1 is 1.24 bits per heavy atom. The highest BCUT2D eigenvalue weighted by molar-refractivity contribution is 14.1. The second-order valence-corrected chi connectivity index (χ2v) is 5.64. The SMILES string of the molecule is O=C(NC(CO)c1cc(F)cc(I)c1)c1ccccc1F. The Hall–Kier alpha value is -1.54. The van der Waals surface area contributed by atoms with Crippen LogP contribution in [0, 0.1) is 15.2 Å². The highest BCUT2D eigenvalue weighted by Gasteiger charge is 2.18. The van der Waals surface area contributed by atoms with Gasteiger partial charge in [0.05, 0.1) is 18.2 Å². The van der Waals surface area contributed by atoms with Crippen LogP contribution < -0.4 is 5.32 Å². The highest BCUT2D eigenvalue weighted by Crippen LogP contribution is 2.19. The van der Waals surface area contributed by atoms with Crippen molar-refractivity contribution in [1.29, 1.82) is 0 Å². The van der Waals surface area contributed by atoms with Gasteiger partial charge in [-0.3, -0.25) is 4.79 Å². The third-order valence-corrected chi connectivity index (χ3v) is 3.52. The van der Waals surface area contributed by atoms with E-state index in [9.17, 15) is 18.7 Å². The zero-order valence-corrected chi connectivity index (χ0v) is 13.0. The van der Waals surface area contributed by atoms with Crippen LogP contribution in [0.25, 0.3) is 0 Å². The molecule has 110 valence electrons. The first-order chi connectivity index (χ1) is 10.0. The second kappa shape index (κ2) is 6.95. The summed E-state index contributed by atoms with van der Waals surface area (Å²) in [4.78, 5) is 12.0. The number of rotatable bonds is 4. The molecule has 2 aromatic rings. The zero-order valence-electron chi connectivity index (χ0n) is 10.8. The minimum atomic E-state index is -0.804. The fraction of sp³-hybridized carbons (Fsp3) is 0.133. The summed E-state index contributed by atoms with van der Waals surface area (Å²) in [5, 5.41) is 11.9. The van der Waals surface area contributed by atoms with Crippen molar-refractivity contribution in [3.05, 3.63) is 68.8 Å². The Kier molecular flexibility index (Phi) is 5.24. The summed E-state index contributed by atoms with van der Waals surface area (Å²) in [6.45, 7) is -0.417. The van der Waals surface area contributed by atoms with Gasteiger partial charge in [-0.1, -0.05) is 12.1 Å². The van der Waals surface area contributed by atoms with Crippen LogP contribution in [0.5, 0.6) is 0 Å². The minimum absolute atomic E-state index is 0.123. The van der Waals surface area contributed by atoms with Gasteiger partial charge in [0.15, 0.2) is 0 Å². The van der Waals surface area contributed by atoms with Crippen LogP contribution >= 0.6 is 22.6 Å². The normalized spacial score (nSPS) is 12.0. The molecule has 2 rings (SSSR count). The molecule has 6 heteroatoms. The van der Waals surface area contributed by atoms with Crippen LogP contribution in [0.3, 0.4) is 0 Å². The predicted molar refractivity (Wildman–Crippen MR) is 82.8 cm³/mol. The Balaban J connectivity index is 2.23. The van der Waals surface area contributed by atoms with E-state index < -0.39 is 30.2 Å². The summed E-state index contributed by atoms with van der Waals surface area (Å²) in [6, 6.07) is 8.93. The molecular formula is C15H12F2INO2. The van der Waals surface area contributed by atoms with E-state index in [1.54, 1.807) is 6.07 Å². The van der Waals surface area contributed by atoms with E-state index in [2.05, 4.69) is 5.32 Å². The largest absolute Gasteiger partial charge is 0.394 e. The molecule has 0 heterocycles. The van der Waals surface area contributed by atoms with Crippen LogP contribution in [0.2, 0.25) is 0 Å². The molecule has 2 aromatic carbocycles. The van der Waals surface area contributed by atoms with E-state index in [-0.39, 0.29) is 5.56 Å². The highest BCUT2D eigenvalue weighted by atomic mass is 127. The molecule has 0 aromatic heterocycles. The summed E-state index contributed by atoms with van der Waals surface area (Å²) >= 11 is 1.94. The van der Waals surface area contributed by atoms with Crippen molar-refractivity contribution in [3.8, 4) is 0 Å². The molecule has 0 aliphatic rings. The van der Waals surface area contributed by atoms with Crippen molar-refractivity contribution in [2.24, 2.45) is 0 Å². The lowest BCUT2D eigenvalue weighted by molar-refractivity contribution is 0.0912. The number of halogens is 3. The van der Waals surface area contributed by atoms with Gasteiger partial charge in [0, 0.05) is 3.57 Å². The van der Waals surface area contributed by atoms with Gasteiger partial charge in [0.1, 0.15) is 11.6 Å². The predicted octanol–water partition coefficient (Wildman–Crippen LogP) is 3.03. The van der Waals surface area contributed by atoms with Crippen molar-refractivity contribution < 1.29 is 18.7 Å². The number of aliphatic hydroxyl groups excluding tert-OH is 1.